The monoisotopic (exact) mass is 296 g/mol. The second-order valence-electron chi connectivity index (χ2n) is 5.76. The molecule has 0 radical (unpaired) electrons. The summed E-state index contributed by atoms with van der Waals surface area (Å²) in [5, 5.41) is 12.6. The highest BCUT2D eigenvalue weighted by Gasteiger charge is 2.17. The first kappa shape index (κ1) is 17.6. The van der Waals surface area contributed by atoms with E-state index < -0.39 is 18.0 Å². The molecule has 1 unspecified atom stereocenters. The van der Waals surface area contributed by atoms with Crippen LogP contribution in [0.4, 0.5) is 0 Å². The van der Waals surface area contributed by atoms with E-state index in [1.54, 1.807) is 0 Å². The Labute approximate surface area is 125 Å². The molecule has 0 aliphatic carbocycles. The van der Waals surface area contributed by atoms with Gasteiger partial charge >= 0.3 is 5.97 Å². The van der Waals surface area contributed by atoms with Gasteiger partial charge in [0.1, 0.15) is 0 Å². The summed E-state index contributed by atoms with van der Waals surface area (Å²) >= 11 is 0. The Kier molecular flexibility index (Phi) is 6.26. The van der Waals surface area contributed by atoms with Crippen LogP contribution in [-0.2, 0) is 15.9 Å². The molecule has 1 atom stereocenters. The van der Waals surface area contributed by atoms with E-state index in [2.05, 4.69) is 10.3 Å². The number of ether oxygens (including phenoxy) is 2. The number of methoxy groups -OCH3 is 1. The predicted molar refractivity (Wildman–Crippen MR) is 78.9 cm³/mol. The fourth-order valence-electron chi connectivity index (χ4n) is 1.82. The van der Waals surface area contributed by atoms with Crippen molar-refractivity contribution in [1.29, 1.82) is 0 Å². The molecule has 1 aromatic heterocycles. The molecule has 1 heterocycles. The van der Waals surface area contributed by atoms with E-state index in [0.29, 0.717) is 18.5 Å². The first-order valence-corrected chi connectivity index (χ1v) is 6.86. The number of nitrogens with one attached hydrogen (secondary N) is 1. The van der Waals surface area contributed by atoms with Crippen LogP contribution in [0.15, 0.2) is 12.3 Å². The van der Waals surface area contributed by atoms with Crippen molar-refractivity contribution in [1.82, 2.24) is 10.3 Å². The number of aromatic nitrogens is 1. The van der Waals surface area contributed by atoms with E-state index in [0.717, 1.165) is 11.3 Å². The summed E-state index contributed by atoms with van der Waals surface area (Å²) in [6, 6.07) is 1.84. The minimum Gasteiger partial charge on any atom is -0.465 e. The average molecular weight is 296 g/mol. The Morgan fingerprint density at radius 2 is 2.14 bits per heavy atom. The van der Waals surface area contributed by atoms with Gasteiger partial charge in [-0.1, -0.05) is 0 Å². The predicted octanol–water partition coefficient (Wildman–Crippen LogP) is 1.40. The molecular weight excluding hydrogens is 272 g/mol. The standard InChI is InChI=1S/C15H24N2O4/c1-10-8-11(12(9-17-10)13(18)20-5)6-7-16-14(19)21-15(2,3)4/h8-9,14,16,19H,6-7H2,1-5H3. The highest BCUT2D eigenvalue weighted by atomic mass is 16.6. The number of aliphatic hydroxyl groups is 1. The van der Waals surface area contributed by atoms with E-state index in [9.17, 15) is 9.90 Å². The van der Waals surface area contributed by atoms with Gasteiger partial charge in [0.15, 0.2) is 0 Å². The molecule has 0 aromatic carbocycles. The number of carbonyl (C=O) groups is 1. The molecule has 21 heavy (non-hydrogen) atoms. The molecule has 0 fully saturated rings. The van der Waals surface area contributed by atoms with E-state index in [1.165, 1.54) is 13.3 Å². The SMILES string of the molecule is COC(=O)c1cnc(C)cc1CCNC(O)OC(C)(C)C. The summed E-state index contributed by atoms with van der Waals surface area (Å²) < 4.78 is 10.1. The number of nitrogens with zero attached hydrogens (tertiary/aromatic N) is 1. The van der Waals surface area contributed by atoms with Gasteiger partial charge in [-0.25, -0.2) is 4.79 Å². The molecule has 118 valence electrons. The van der Waals surface area contributed by atoms with Crippen molar-refractivity contribution in [2.24, 2.45) is 0 Å². The number of carbonyl (C=O) groups excluding carboxylic acids is 1. The van der Waals surface area contributed by atoms with Gasteiger partial charge in [-0.3, -0.25) is 10.3 Å². The largest absolute Gasteiger partial charge is 0.465 e. The number of aryl methyl sites for hydroxylation is 1. The third kappa shape index (κ3) is 6.20. The van der Waals surface area contributed by atoms with E-state index in [4.69, 9.17) is 9.47 Å². The molecule has 1 aromatic rings. The van der Waals surface area contributed by atoms with Gasteiger partial charge in [0.05, 0.1) is 18.3 Å². The Balaban J connectivity index is 2.63. The first-order chi connectivity index (χ1) is 9.73. The van der Waals surface area contributed by atoms with E-state index in [1.807, 2.05) is 33.8 Å². The summed E-state index contributed by atoms with van der Waals surface area (Å²) in [5.41, 5.74) is 1.65. The van der Waals surface area contributed by atoms with Gasteiger partial charge in [0, 0.05) is 18.4 Å². The molecule has 6 heteroatoms. The van der Waals surface area contributed by atoms with Crippen LogP contribution in [-0.4, -0.2) is 41.7 Å². The second-order valence-corrected chi connectivity index (χ2v) is 5.76. The quantitative estimate of drug-likeness (QED) is 0.610. The van der Waals surface area contributed by atoms with Crippen LogP contribution in [0.5, 0.6) is 0 Å². The fourth-order valence-corrected chi connectivity index (χ4v) is 1.82. The fraction of sp³-hybridized carbons (Fsp3) is 0.600. The number of hydrogen-bond donors (Lipinski definition) is 2. The summed E-state index contributed by atoms with van der Waals surface area (Å²) in [5.74, 6) is -0.413. The minimum absolute atomic E-state index is 0.413. The van der Waals surface area contributed by atoms with Crippen LogP contribution in [0.1, 0.15) is 42.4 Å². The summed E-state index contributed by atoms with van der Waals surface area (Å²) in [7, 11) is 1.34. The summed E-state index contributed by atoms with van der Waals surface area (Å²) in [6.45, 7) is 7.90. The highest BCUT2D eigenvalue weighted by molar-refractivity contribution is 5.90. The lowest BCUT2D eigenvalue weighted by Gasteiger charge is -2.24. The molecule has 6 nitrogen and oxygen atoms in total. The molecule has 0 spiro atoms. The lowest BCUT2D eigenvalue weighted by Crippen LogP contribution is -2.39. The van der Waals surface area contributed by atoms with Crippen molar-refractivity contribution in [2.45, 2.75) is 46.1 Å². The number of esters is 1. The Morgan fingerprint density at radius 1 is 1.48 bits per heavy atom. The van der Waals surface area contributed by atoms with Crippen molar-refractivity contribution in [3.63, 3.8) is 0 Å². The van der Waals surface area contributed by atoms with Crippen LogP contribution in [0, 0.1) is 6.92 Å². The first-order valence-electron chi connectivity index (χ1n) is 6.86. The lowest BCUT2D eigenvalue weighted by molar-refractivity contribution is -0.181. The number of hydrogen-bond acceptors (Lipinski definition) is 6. The zero-order chi connectivity index (χ0) is 16.0. The smallest absolute Gasteiger partial charge is 0.339 e. The maximum atomic E-state index is 11.7. The van der Waals surface area contributed by atoms with Crippen LogP contribution in [0.25, 0.3) is 0 Å². The highest BCUT2D eigenvalue weighted by Crippen LogP contribution is 2.12. The van der Waals surface area contributed by atoms with Gasteiger partial charge in [-0.15, -0.1) is 0 Å². The number of aliphatic hydroxyl groups excluding tert-OH is 1. The Morgan fingerprint density at radius 3 is 2.71 bits per heavy atom. The van der Waals surface area contributed by atoms with Gasteiger partial charge in [0.2, 0.25) is 6.41 Å². The normalized spacial score (nSPS) is 13.0. The van der Waals surface area contributed by atoms with E-state index >= 15 is 0 Å². The van der Waals surface area contributed by atoms with E-state index in [-0.39, 0.29) is 0 Å². The zero-order valence-corrected chi connectivity index (χ0v) is 13.3. The van der Waals surface area contributed by atoms with Crippen LogP contribution < -0.4 is 5.32 Å². The van der Waals surface area contributed by atoms with Crippen molar-refractivity contribution in [2.75, 3.05) is 13.7 Å². The van der Waals surface area contributed by atoms with Crippen LogP contribution in [0.3, 0.4) is 0 Å². The average Bonchev–Trinajstić information content (AvgIpc) is 2.36. The topological polar surface area (TPSA) is 80.7 Å². The molecule has 0 aliphatic rings. The molecule has 0 amide bonds. The molecular formula is C15H24N2O4. The van der Waals surface area contributed by atoms with Crippen molar-refractivity contribution < 1.29 is 19.4 Å². The van der Waals surface area contributed by atoms with Gasteiger partial charge < -0.3 is 14.6 Å². The molecule has 0 aliphatic heterocycles. The van der Waals surface area contributed by atoms with Crippen molar-refractivity contribution in [3.05, 3.63) is 29.1 Å². The molecule has 0 saturated heterocycles. The lowest BCUT2D eigenvalue weighted by atomic mass is 10.1. The zero-order valence-electron chi connectivity index (χ0n) is 13.3. The van der Waals surface area contributed by atoms with Gasteiger partial charge in [-0.2, -0.15) is 0 Å². The maximum absolute atomic E-state index is 11.7. The second kappa shape index (κ2) is 7.49. The third-order valence-corrected chi connectivity index (χ3v) is 2.71. The number of rotatable bonds is 6. The molecule has 0 bridgehead atoms. The Hall–Kier alpha value is -1.50. The molecule has 1 rings (SSSR count). The molecule has 0 saturated carbocycles. The van der Waals surface area contributed by atoms with Crippen LogP contribution >= 0.6 is 0 Å². The maximum Gasteiger partial charge on any atom is 0.339 e. The van der Waals surface area contributed by atoms with Crippen molar-refractivity contribution >= 4 is 5.97 Å². The van der Waals surface area contributed by atoms with Crippen LogP contribution in [0.2, 0.25) is 0 Å². The number of pyridine rings is 1. The minimum atomic E-state index is -1.05. The van der Waals surface area contributed by atoms with Crippen molar-refractivity contribution in [3.8, 4) is 0 Å². The van der Waals surface area contributed by atoms with Gasteiger partial charge in [0.25, 0.3) is 0 Å². The molecule has 2 N–H and O–H groups in total. The summed E-state index contributed by atoms with van der Waals surface area (Å²) in [4.78, 5) is 15.8. The third-order valence-electron chi connectivity index (χ3n) is 2.71. The Bertz CT molecular complexity index is 483. The summed E-state index contributed by atoms with van der Waals surface area (Å²) in [6.07, 6.45) is 1.02. The van der Waals surface area contributed by atoms with Gasteiger partial charge in [-0.05, 0) is 45.7 Å².